The van der Waals surface area contributed by atoms with Gasteiger partial charge in [-0.25, -0.2) is 4.39 Å². The first-order valence-corrected chi connectivity index (χ1v) is 9.79. The van der Waals surface area contributed by atoms with Gasteiger partial charge in [0.25, 0.3) is 0 Å². The minimum Gasteiger partial charge on any atom is -0.466 e. The molecule has 2 aromatic rings. The highest BCUT2D eigenvalue weighted by Gasteiger charge is 2.15. The fourth-order valence-corrected chi connectivity index (χ4v) is 3.31. The van der Waals surface area contributed by atoms with E-state index in [1.165, 1.54) is 6.07 Å². The van der Waals surface area contributed by atoms with Crippen molar-refractivity contribution >= 4 is 12.0 Å². The highest BCUT2D eigenvalue weighted by atomic mass is 19.1. The largest absolute Gasteiger partial charge is 0.466 e. The van der Waals surface area contributed by atoms with Crippen LogP contribution < -0.4 is 0 Å². The number of hydrogen-bond donors (Lipinski definition) is 2. The van der Waals surface area contributed by atoms with Crippen molar-refractivity contribution in [1.29, 1.82) is 0 Å². The van der Waals surface area contributed by atoms with E-state index in [9.17, 15) is 19.4 Å². The van der Waals surface area contributed by atoms with Gasteiger partial charge in [0.2, 0.25) is 0 Å². The molecule has 0 spiro atoms. The molecule has 0 saturated carbocycles. The zero-order valence-electron chi connectivity index (χ0n) is 17.4. The summed E-state index contributed by atoms with van der Waals surface area (Å²) >= 11 is 0. The maximum atomic E-state index is 13.7. The van der Waals surface area contributed by atoms with Crippen molar-refractivity contribution in [3.05, 3.63) is 64.5 Å². The van der Waals surface area contributed by atoms with Gasteiger partial charge in [-0.3, -0.25) is 4.79 Å². The quantitative estimate of drug-likeness (QED) is 0.641. The van der Waals surface area contributed by atoms with Crippen LogP contribution in [0.25, 0.3) is 17.2 Å². The van der Waals surface area contributed by atoms with E-state index in [4.69, 9.17) is 4.74 Å². The zero-order valence-corrected chi connectivity index (χ0v) is 17.4. The van der Waals surface area contributed by atoms with Crippen LogP contribution in [-0.4, -0.2) is 35.0 Å². The topological polar surface area (TPSA) is 66.8 Å². The number of rotatable bonds is 8. The van der Waals surface area contributed by atoms with E-state index in [0.717, 1.165) is 27.8 Å². The number of carbonyl (C=O) groups excluding carboxylic acids is 1. The van der Waals surface area contributed by atoms with Gasteiger partial charge >= 0.3 is 5.97 Å². The number of esters is 1. The summed E-state index contributed by atoms with van der Waals surface area (Å²) in [5.41, 5.74) is 5.44. The summed E-state index contributed by atoms with van der Waals surface area (Å²) in [4.78, 5) is 11.4. The van der Waals surface area contributed by atoms with E-state index >= 15 is 0 Å². The summed E-state index contributed by atoms with van der Waals surface area (Å²) in [6.45, 7) is 7.67. The maximum Gasteiger partial charge on any atom is 0.308 e. The van der Waals surface area contributed by atoms with Crippen LogP contribution in [0.2, 0.25) is 0 Å². The van der Waals surface area contributed by atoms with Gasteiger partial charge in [-0.15, -0.1) is 0 Å². The molecule has 2 N–H and O–H groups in total. The molecule has 2 aromatic carbocycles. The molecule has 0 bridgehead atoms. The number of hydrogen-bond acceptors (Lipinski definition) is 4. The van der Waals surface area contributed by atoms with Gasteiger partial charge in [0.05, 0.1) is 25.2 Å². The molecule has 29 heavy (non-hydrogen) atoms. The number of aliphatic hydroxyl groups is 2. The molecular formula is C24H29FO4. The molecule has 0 amide bonds. The average Bonchev–Trinajstić information content (AvgIpc) is 2.62. The standard InChI is InChI=1S/C24H29FO4/c1-5-29-24(28)14-20(27)13-19(26)7-8-21-16(3)10-15(2)11-22(21)18-6-9-23(25)17(4)12-18/h6-12,19-20,26-27H,5,13-14H2,1-4H3/t19-,20-/m1/s1. The Labute approximate surface area is 171 Å². The molecule has 0 aliphatic carbocycles. The van der Waals surface area contributed by atoms with Crippen LogP contribution in [0.15, 0.2) is 36.4 Å². The molecule has 0 aromatic heterocycles. The predicted octanol–water partition coefficient (Wildman–Crippen LogP) is 4.50. The van der Waals surface area contributed by atoms with E-state index < -0.39 is 18.2 Å². The summed E-state index contributed by atoms with van der Waals surface area (Å²) in [5, 5.41) is 20.2. The van der Waals surface area contributed by atoms with Crippen LogP contribution in [0, 0.1) is 26.6 Å². The first-order valence-electron chi connectivity index (χ1n) is 9.79. The number of aryl methyl sites for hydroxylation is 3. The zero-order chi connectivity index (χ0) is 21.6. The lowest BCUT2D eigenvalue weighted by Crippen LogP contribution is -2.20. The predicted molar refractivity (Wildman–Crippen MR) is 113 cm³/mol. The number of benzene rings is 2. The average molecular weight is 400 g/mol. The second-order valence-corrected chi connectivity index (χ2v) is 7.33. The molecule has 2 atom stereocenters. The summed E-state index contributed by atoms with van der Waals surface area (Å²) in [6.07, 6.45) is 1.40. The van der Waals surface area contributed by atoms with Gasteiger partial charge in [-0.05, 0) is 67.6 Å². The molecule has 0 aliphatic heterocycles. The molecular weight excluding hydrogens is 371 g/mol. The second kappa shape index (κ2) is 10.3. The van der Waals surface area contributed by atoms with Crippen LogP contribution in [-0.2, 0) is 9.53 Å². The smallest absolute Gasteiger partial charge is 0.308 e. The lowest BCUT2D eigenvalue weighted by Gasteiger charge is -2.15. The molecule has 0 fully saturated rings. The van der Waals surface area contributed by atoms with Gasteiger partial charge in [0.1, 0.15) is 5.82 Å². The Hall–Kier alpha value is -2.50. The number of ether oxygens (including phenoxy) is 1. The van der Waals surface area contributed by atoms with Gasteiger partial charge < -0.3 is 14.9 Å². The van der Waals surface area contributed by atoms with Gasteiger partial charge in [-0.1, -0.05) is 35.9 Å². The summed E-state index contributed by atoms with van der Waals surface area (Å²) in [7, 11) is 0. The summed E-state index contributed by atoms with van der Waals surface area (Å²) in [5.74, 6) is -0.735. The minimum absolute atomic E-state index is 0.0329. The second-order valence-electron chi connectivity index (χ2n) is 7.33. The van der Waals surface area contributed by atoms with Crippen LogP contribution in [0.3, 0.4) is 0 Å². The Balaban J connectivity index is 2.23. The SMILES string of the molecule is CCOC(=O)C[C@H](O)C[C@H](O)C=Cc1c(C)cc(C)cc1-c1ccc(F)c(C)c1. The third kappa shape index (κ3) is 6.51. The summed E-state index contributed by atoms with van der Waals surface area (Å²) in [6, 6.07) is 9.08. The third-order valence-corrected chi connectivity index (χ3v) is 4.71. The fourth-order valence-electron chi connectivity index (χ4n) is 3.31. The Morgan fingerprint density at radius 3 is 2.52 bits per heavy atom. The molecule has 0 heterocycles. The number of halogens is 1. The number of aliphatic hydroxyl groups excluding tert-OH is 2. The van der Waals surface area contributed by atoms with E-state index in [-0.39, 0.29) is 25.3 Å². The lowest BCUT2D eigenvalue weighted by molar-refractivity contribution is -0.145. The molecule has 0 unspecified atom stereocenters. The summed E-state index contributed by atoms with van der Waals surface area (Å²) < 4.78 is 18.5. The van der Waals surface area contributed by atoms with Crippen molar-refractivity contribution in [3.8, 4) is 11.1 Å². The normalized spacial score (nSPS) is 13.5. The van der Waals surface area contributed by atoms with Crippen molar-refractivity contribution in [2.24, 2.45) is 0 Å². The Morgan fingerprint density at radius 1 is 1.14 bits per heavy atom. The van der Waals surface area contributed by atoms with E-state index in [2.05, 4.69) is 0 Å². The van der Waals surface area contributed by atoms with Crippen molar-refractivity contribution in [1.82, 2.24) is 0 Å². The van der Waals surface area contributed by atoms with Crippen molar-refractivity contribution in [2.75, 3.05) is 6.61 Å². The number of carbonyl (C=O) groups is 1. The minimum atomic E-state index is -0.980. The third-order valence-electron chi connectivity index (χ3n) is 4.71. The molecule has 156 valence electrons. The molecule has 0 saturated heterocycles. The van der Waals surface area contributed by atoms with Crippen LogP contribution in [0.4, 0.5) is 4.39 Å². The monoisotopic (exact) mass is 400 g/mol. The maximum absolute atomic E-state index is 13.7. The Bertz CT molecular complexity index is 889. The molecule has 0 aliphatic rings. The molecule has 2 rings (SSSR count). The molecule has 5 heteroatoms. The van der Waals surface area contributed by atoms with Gasteiger partial charge in [0, 0.05) is 6.42 Å². The van der Waals surface area contributed by atoms with E-state index in [1.807, 2.05) is 32.1 Å². The molecule has 0 radical (unpaired) electrons. The van der Waals surface area contributed by atoms with Gasteiger partial charge in [0.15, 0.2) is 0 Å². The van der Waals surface area contributed by atoms with Crippen LogP contribution in [0.1, 0.15) is 42.0 Å². The first-order chi connectivity index (χ1) is 13.7. The van der Waals surface area contributed by atoms with Crippen molar-refractivity contribution in [2.45, 2.75) is 52.7 Å². The Kier molecular flexibility index (Phi) is 8.11. The molecule has 4 nitrogen and oxygen atoms in total. The van der Waals surface area contributed by atoms with E-state index in [1.54, 1.807) is 32.1 Å². The van der Waals surface area contributed by atoms with E-state index in [0.29, 0.717) is 5.56 Å². The van der Waals surface area contributed by atoms with Crippen LogP contribution in [0.5, 0.6) is 0 Å². The van der Waals surface area contributed by atoms with Crippen molar-refractivity contribution in [3.63, 3.8) is 0 Å². The highest BCUT2D eigenvalue weighted by Crippen LogP contribution is 2.30. The van der Waals surface area contributed by atoms with Crippen LogP contribution >= 0.6 is 0 Å². The van der Waals surface area contributed by atoms with Gasteiger partial charge in [-0.2, -0.15) is 0 Å². The fraction of sp³-hybridized carbons (Fsp3) is 0.375. The Morgan fingerprint density at radius 2 is 1.86 bits per heavy atom. The first kappa shape index (κ1) is 22.8. The van der Waals surface area contributed by atoms with Crippen molar-refractivity contribution < 1.29 is 24.1 Å². The lowest BCUT2D eigenvalue weighted by atomic mass is 9.92. The highest BCUT2D eigenvalue weighted by molar-refractivity contribution is 5.78.